The molecular weight excluding hydrogens is 489 g/mol. The molecule has 4 rings (SSSR count). The van der Waals surface area contributed by atoms with E-state index in [1.807, 2.05) is 42.5 Å². The van der Waals surface area contributed by atoms with Gasteiger partial charge in [0.2, 0.25) is 5.91 Å². The van der Waals surface area contributed by atoms with E-state index in [-0.39, 0.29) is 28.8 Å². The second kappa shape index (κ2) is 11.6. The van der Waals surface area contributed by atoms with Gasteiger partial charge in [-0.25, -0.2) is 4.39 Å². The van der Waals surface area contributed by atoms with Crippen LogP contribution in [0, 0.1) is 18.7 Å². The van der Waals surface area contributed by atoms with Gasteiger partial charge in [-0.15, -0.1) is 0 Å². The highest BCUT2D eigenvalue weighted by atomic mass is 19.1. The minimum absolute atomic E-state index is 0.0548. The highest BCUT2D eigenvalue weighted by Gasteiger charge is 2.40. The fourth-order valence-corrected chi connectivity index (χ4v) is 5.36. The number of hydrogen-bond acceptors (Lipinski definition) is 3. The van der Waals surface area contributed by atoms with Gasteiger partial charge >= 0.3 is 0 Å². The van der Waals surface area contributed by atoms with Crippen LogP contribution in [0.3, 0.4) is 0 Å². The van der Waals surface area contributed by atoms with Crippen molar-refractivity contribution in [1.82, 2.24) is 4.90 Å². The summed E-state index contributed by atoms with van der Waals surface area (Å²) in [5.41, 5.74) is 4.28. The molecule has 1 heterocycles. The van der Waals surface area contributed by atoms with Gasteiger partial charge in [-0.05, 0) is 86.1 Å². The number of halogens is 1. The molecule has 1 saturated heterocycles. The van der Waals surface area contributed by atoms with Gasteiger partial charge in [0.05, 0.1) is 17.5 Å². The second-order valence-electron chi connectivity index (χ2n) is 11.9. The number of rotatable bonds is 6. The Kier molecular flexibility index (Phi) is 8.43. The fourth-order valence-electron chi connectivity index (χ4n) is 5.36. The van der Waals surface area contributed by atoms with Crippen LogP contribution < -0.4 is 10.6 Å². The number of likely N-dealkylation sites (tertiary alicyclic amines) is 1. The first-order chi connectivity index (χ1) is 18.5. The van der Waals surface area contributed by atoms with Gasteiger partial charge in [0, 0.05) is 24.0 Å². The summed E-state index contributed by atoms with van der Waals surface area (Å²) in [5, 5.41) is 6.50. The van der Waals surface area contributed by atoms with Gasteiger partial charge in [0.1, 0.15) is 5.82 Å². The lowest BCUT2D eigenvalue weighted by molar-refractivity contribution is -0.123. The zero-order valence-electron chi connectivity index (χ0n) is 23.8. The number of hydrogen-bond donors (Lipinski definition) is 2. The van der Waals surface area contributed by atoms with Gasteiger partial charge in [-0.3, -0.25) is 9.59 Å². The molecule has 1 fully saturated rings. The van der Waals surface area contributed by atoms with E-state index in [0.29, 0.717) is 24.9 Å². The lowest BCUT2D eigenvalue weighted by Gasteiger charge is -2.41. The van der Waals surface area contributed by atoms with Crippen LogP contribution in [0.5, 0.6) is 0 Å². The number of carbonyl (C=O) groups is 2. The Bertz CT molecular complexity index is 1310. The van der Waals surface area contributed by atoms with E-state index in [1.54, 1.807) is 24.0 Å². The highest BCUT2D eigenvalue weighted by Crippen LogP contribution is 2.39. The predicted molar refractivity (Wildman–Crippen MR) is 157 cm³/mol. The van der Waals surface area contributed by atoms with Gasteiger partial charge in [0.15, 0.2) is 0 Å². The standard InChI is InChI=1S/C33H40FN3O2/c1-21(2)35-25-17-15-23(16-18-25)30-27(31(38)36-26-12-8-11-24(20-26)33(4,5)6)13-9-19-37(30)32(39)29-22(3)10-7-14-28(29)34/h7-8,10-12,14-18,20-21,27,30,35H,9,13,19H2,1-6H3,(H,36,38)/t27-,30-/m0/s1. The largest absolute Gasteiger partial charge is 0.383 e. The third-order valence-corrected chi connectivity index (χ3v) is 7.37. The number of nitrogens with zero attached hydrogens (tertiary/aromatic N) is 1. The molecule has 0 aliphatic carbocycles. The Balaban J connectivity index is 1.71. The molecule has 0 spiro atoms. The summed E-state index contributed by atoms with van der Waals surface area (Å²) < 4.78 is 14.9. The maximum atomic E-state index is 14.9. The summed E-state index contributed by atoms with van der Waals surface area (Å²) in [6.45, 7) is 12.7. The molecular formula is C33H40FN3O2. The molecule has 5 nitrogen and oxygen atoms in total. The van der Waals surface area contributed by atoms with Crippen molar-refractivity contribution in [3.05, 3.63) is 94.8 Å². The number of piperidine rings is 1. The molecule has 6 heteroatoms. The van der Waals surface area contributed by atoms with Crippen LogP contribution in [-0.4, -0.2) is 29.3 Å². The normalized spacial score (nSPS) is 17.7. The van der Waals surface area contributed by atoms with Gasteiger partial charge in [-0.1, -0.05) is 57.2 Å². The van der Waals surface area contributed by atoms with Gasteiger partial charge in [-0.2, -0.15) is 0 Å². The summed E-state index contributed by atoms with van der Waals surface area (Å²) >= 11 is 0. The van der Waals surface area contributed by atoms with Crippen molar-refractivity contribution in [3.8, 4) is 0 Å². The van der Waals surface area contributed by atoms with E-state index in [2.05, 4.69) is 51.3 Å². The SMILES string of the molecule is Cc1cccc(F)c1C(=O)N1CCC[C@H](C(=O)Nc2cccc(C(C)(C)C)c2)[C@@H]1c1ccc(NC(C)C)cc1. The maximum Gasteiger partial charge on any atom is 0.257 e. The number of aryl methyl sites for hydroxylation is 1. The average molecular weight is 530 g/mol. The van der Waals surface area contributed by atoms with Crippen LogP contribution >= 0.6 is 0 Å². The highest BCUT2D eigenvalue weighted by molar-refractivity contribution is 5.98. The van der Waals surface area contributed by atoms with E-state index in [0.717, 1.165) is 22.5 Å². The Morgan fingerprint density at radius 3 is 2.31 bits per heavy atom. The van der Waals surface area contributed by atoms with Crippen molar-refractivity contribution in [2.24, 2.45) is 5.92 Å². The molecule has 0 unspecified atom stereocenters. The predicted octanol–water partition coefficient (Wildman–Crippen LogP) is 7.48. The first-order valence-corrected chi connectivity index (χ1v) is 13.8. The van der Waals surface area contributed by atoms with E-state index < -0.39 is 17.8 Å². The average Bonchev–Trinajstić information content (AvgIpc) is 2.88. The Morgan fingerprint density at radius 1 is 0.974 bits per heavy atom. The van der Waals surface area contributed by atoms with E-state index in [4.69, 9.17) is 0 Å². The van der Waals surface area contributed by atoms with Crippen LogP contribution in [0.25, 0.3) is 0 Å². The quantitative estimate of drug-likeness (QED) is 0.348. The third kappa shape index (κ3) is 6.49. The van der Waals surface area contributed by atoms with Crippen LogP contribution in [-0.2, 0) is 10.2 Å². The molecule has 206 valence electrons. The molecule has 0 bridgehead atoms. The monoisotopic (exact) mass is 529 g/mol. The minimum atomic E-state index is -0.541. The number of benzene rings is 3. The fraction of sp³-hybridized carbons (Fsp3) is 0.394. The smallest absolute Gasteiger partial charge is 0.257 e. The zero-order valence-corrected chi connectivity index (χ0v) is 23.8. The van der Waals surface area contributed by atoms with Crippen LogP contribution in [0.4, 0.5) is 15.8 Å². The molecule has 2 amide bonds. The molecule has 3 aromatic rings. The topological polar surface area (TPSA) is 61.4 Å². The molecule has 0 aromatic heterocycles. The number of nitrogens with one attached hydrogen (secondary N) is 2. The van der Waals surface area contributed by atoms with E-state index in [1.165, 1.54) is 6.07 Å². The van der Waals surface area contributed by atoms with Crippen molar-refractivity contribution in [1.29, 1.82) is 0 Å². The van der Waals surface area contributed by atoms with Gasteiger partial charge < -0.3 is 15.5 Å². The summed E-state index contributed by atoms with van der Waals surface area (Å²) in [4.78, 5) is 29.4. The van der Waals surface area contributed by atoms with Crippen molar-refractivity contribution in [2.45, 2.75) is 71.9 Å². The number of amides is 2. The first-order valence-electron chi connectivity index (χ1n) is 13.8. The summed E-state index contributed by atoms with van der Waals surface area (Å²) in [7, 11) is 0. The van der Waals surface area contributed by atoms with Crippen molar-refractivity contribution in [3.63, 3.8) is 0 Å². The van der Waals surface area contributed by atoms with Gasteiger partial charge in [0.25, 0.3) is 5.91 Å². The Labute approximate surface area is 231 Å². The third-order valence-electron chi connectivity index (χ3n) is 7.37. The molecule has 39 heavy (non-hydrogen) atoms. The lowest BCUT2D eigenvalue weighted by Crippen LogP contribution is -2.46. The molecule has 2 N–H and O–H groups in total. The van der Waals surface area contributed by atoms with E-state index in [9.17, 15) is 14.0 Å². The summed E-state index contributed by atoms with van der Waals surface area (Å²) in [6.07, 6.45) is 1.28. The summed E-state index contributed by atoms with van der Waals surface area (Å²) in [5.74, 6) is -1.55. The summed E-state index contributed by atoms with van der Waals surface area (Å²) in [6, 6.07) is 20.2. The first kappa shape index (κ1) is 28.3. The number of anilines is 2. The van der Waals surface area contributed by atoms with E-state index >= 15 is 0 Å². The zero-order chi connectivity index (χ0) is 28.3. The van der Waals surface area contributed by atoms with Crippen LogP contribution in [0.1, 0.15) is 80.6 Å². The number of carbonyl (C=O) groups excluding carboxylic acids is 2. The van der Waals surface area contributed by atoms with Crippen LogP contribution in [0.15, 0.2) is 66.7 Å². The molecule has 3 aromatic carbocycles. The lowest BCUT2D eigenvalue weighted by atomic mass is 9.83. The molecule has 0 saturated carbocycles. The van der Waals surface area contributed by atoms with Crippen molar-refractivity contribution in [2.75, 3.05) is 17.2 Å². The Morgan fingerprint density at radius 2 is 1.67 bits per heavy atom. The maximum absolute atomic E-state index is 14.9. The molecule has 0 radical (unpaired) electrons. The van der Waals surface area contributed by atoms with Crippen molar-refractivity contribution >= 4 is 23.2 Å². The molecule has 2 atom stereocenters. The second-order valence-corrected chi connectivity index (χ2v) is 11.9. The minimum Gasteiger partial charge on any atom is -0.383 e. The van der Waals surface area contributed by atoms with Crippen LogP contribution in [0.2, 0.25) is 0 Å². The Hall–Kier alpha value is -3.67. The van der Waals surface area contributed by atoms with Crippen molar-refractivity contribution < 1.29 is 14.0 Å². The molecule has 1 aliphatic heterocycles. The molecule has 1 aliphatic rings.